The van der Waals surface area contributed by atoms with E-state index in [2.05, 4.69) is 4.98 Å². The Balaban J connectivity index is 2.10. The molecule has 0 aliphatic rings. The van der Waals surface area contributed by atoms with Gasteiger partial charge in [0.15, 0.2) is 17.2 Å². The van der Waals surface area contributed by atoms with Gasteiger partial charge >= 0.3 is 0 Å². The van der Waals surface area contributed by atoms with Crippen LogP contribution in [-0.4, -0.2) is 10.8 Å². The van der Waals surface area contributed by atoms with Crippen LogP contribution < -0.4 is 0 Å². The zero-order valence-corrected chi connectivity index (χ0v) is 10.3. The van der Waals surface area contributed by atoms with Crippen LogP contribution in [0.15, 0.2) is 34.9 Å². The molecule has 2 heterocycles. The van der Waals surface area contributed by atoms with Gasteiger partial charge < -0.3 is 4.42 Å². The van der Waals surface area contributed by atoms with Crippen molar-refractivity contribution in [2.75, 3.05) is 0 Å². The SMILES string of the molecule is Cc1ncc(C(=O)c2cc3cccc(F)c3o2)s1. The monoisotopic (exact) mass is 261 g/mol. The van der Waals surface area contributed by atoms with Gasteiger partial charge in [0.25, 0.3) is 0 Å². The van der Waals surface area contributed by atoms with Crippen LogP contribution in [0.25, 0.3) is 11.0 Å². The maximum atomic E-state index is 13.5. The van der Waals surface area contributed by atoms with Crippen molar-refractivity contribution in [3.05, 3.63) is 51.9 Å². The minimum absolute atomic E-state index is 0.113. The molecular formula is C13H8FNO2S. The molecular weight excluding hydrogens is 253 g/mol. The van der Waals surface area contributed by atoms with Gasteiger partial charge in [0.1, 0.15) is 0 Å². The maximum Gasteiger partial charge on any atom is 0.239 e. The highest BCUT2D eigenvalue weighted by atomic mass is 32.1. The standard InChI is InChI=1S/C13H8FNO2S/c1-7-15-6-11(18-7)12(16)10-5-8-3-2-4-9(14)13(8)17-10/h2-6H,1H3. The van der Waals surface area contributed by atoms with E-state index in [1.165, 1.54) is 23.6 Å². The molecule has 0 unspecified atom stereocenters. The number of carbonyl (C=O) groups is 1. The van der Waals surface area contributed by atoms with E-state index in [1.54, 1.807) is 18.2 Å². The topological polar surface area (TPSA) is 43.1 Å². The molecule has 5 heteroatoms. The first-order valence-corrected chi connectivity index (χ1v) is 6.12. The molecule has 0 saturated carbocycles. The fourth-order valence-corrected chi connectivity index (χ4v) is 2.45. The number of halogens is 1. The van der Waals surface area contributed by atoms with Crippen LogP contribution in [0.1, 0.15) is 20.4 Å². The quantitative estimate of drug-likeness (QED) is 0.662. The van der Waals surface area contributed by atoms with Crippen LogP contribution in [0.3, 0.4) is 0 Å². The Hall–Kier alpha value is -2.01. The van der Waals surface area contributed by atoms with Crippen molar-refractivity contribution in [1.29, 1.82) is 0 Å². The summed E-state index contributed by atoms with van der Waals surface area (Å²) in [5, 5.41) is 1.39. The number of aromatic nitrogens is 1. The molecule has 0 fully saturated rings. The second-order valence-electron chi connectivity index (χ2n) is 3.84. The van der Waals surface area contributed by atoms with E-state index in [1.807, 2.05) is 6.92 Å². The van der Waals surface area contributed by atoms with Crippen LogP contribution in [-0.2, 0) is 0 Å². The molecule has 0 spiro atoms. The van der Waals surface area contributed by atoms with Crippen LogP contribution in [0, 0.1) is 12.7 Å². The summed E-state index contributed by atoms with van der Waals surface area (Å²) in [6.45, 7) is 1.82. The lowest BCUT2D eigenvalue weighted by molar-refractivity contribution is 0.101. The van der Waals surface area contributed by atoms with Crippen molar-refractivity contribution in [3.8, 4) is 0 Å². The van der Waals surface area contributed by atoms with Gasteiger partial charge in [-0.05, 0) is 19.1 Å². The van der Waals surface area contributed by atoms with Crippen molar-refractivity contribution >= 4 is 28.1 Å². The zero-order valence-electron chi connectivity index (χ0n) is 9.44. The molecule has 3 aromatic rings. The van der Waals surface area contributed by atoms with E-state index in [0.717, 1.165) is 5.01 Å². The van der Waals surface area contributed by atoms with E-state index in [0.29, 0.717) is 10.3 Å². The number of hydrogen-bond donors (Lipinski definition) is 0. The number of benzene rings is 1. The highest BCUT2D eigenvalue weighted by Crippen LogP contribution is 2.25. The van der Waals surface area contributed by atoms with Crippen molar-refractivity contribution in [2.45, 2.75) is 6.92 Å². The highest BCUT2D eigenvalue weighted by Gasteiger charge is 2.18. The summed E-state index contributed by atoms with van der Waals surface area (Å²) in [5.41, 5.74) is 0.113. The number of para-hydroxylation sites is 1. The molecule has 18 heavy (non-hydrogen) atoms. The summed E-state index contributed by atoms with van der Waals surface area (Å²) in [6, 6.07) is 6.14. The number of carbonyl (C=O) groups excluding carboxylic acids is 1. The van der Waals surface area contributed by atoms with Crippen LogP contribution in [0.4, 0.5) is 4.39 Å². The van der Waals surface area contributed by atoms with Gasteiger partial charge in [-0.25, -0.2) is 9.37 Å². The first-order chi connectivity index (χ1) is 8.65. The molecule has 0 amide bonds. The number of aryl methyl sites for hydroxylation is 1. The third-order valence-corrected chi connectivity index (χ3v) is 3.48. The van der Waals surface area contributed by atoms with E-state index in [9.17, 15) is 9.18 Å². The molecule has 90 valence electrons. The number of fused-ring (bicyclic) bond motifs is 1. The van der Waals surface area contributed by atoms with Crippen molar-refractivity contribution in [2.24, 2.45) is 0 Å². The molecule has 0 aliphatic heterocycles. The predicted octanol–water partition coefficient (Wildman–Crippen LogP) is 3.57. The number of rotatable bonds is 2. The van der Waals surface area contributed by atoms with E-state index in [4.69, 9.17) is 4.42 Å². The molecule has 3 rings (SSSR count). The average Bonchev–Trinajstić information content (AvgIpc) is 2.95. The summed E-state index contributed by atoms with van der Waals surface area (Å²) in [6.07, 6.45) is 1.51. The summed E-state index contributed by atoms with van der Waals surface area (Å²) in [4.78, 5) is 16.6. The second kappa shape index (κ2) is 4.03. The Bertz CT molecular complexity index is 744. The van der Waals surface area contributed by atoms with Crippen molar-refractivity contribution in [1.82, 2.24) is 4.98 Å². The lowest BCUT2D eigenvalue weighted by Crippen LogP contribution is -1.95. The van der Waals surface area contributed by atoms with Gasteiger partial charge in [-0.2, -0.15) is 0 Å². The van der Waals surface area contributed by atoms with E-state index in [-0.39, 0.29) is 17.1 Å². The molecule has 0 aliphatic carbocycles. The summed E-state index contributed by atoms with van der Waals surface area (Å²) in [5.74, 6) is -0.595. The molecule has 2 aromatic heterocycles. The van der Waals surface area contributed by atoms with Gasteiger partial charge in [-0.1, -0.05) is 12.1 Å². The van der Waals surface area contributed by atoms with Crippen LogP contribution in [0.2, 0.25) is 0 Å². The van der Waals surface area contributed by atoms with Gasteiger partial charge in [0.2, 0.25) is 5.78 Å². The average molecular weight is 261 g/mol. The lowest BCUT2D eigenvalue weighted by Gasteiger charge is -1.90. The number of furan rings is 1. The number of thiazole rings is 1. The van der Waals surface area contributed by atoms with Crippen molar-refractivity contribution < 1.29 is 13.6 Å². The minimum Gasteiger partial charge on any atom is -0.449 e. The first kappa shape index (κ1) is 11.1. The predicted molar refractivity (Wildman–Crippen MR) is 66.5 cm³/mol. The molecule has 0 radical (unpaired) electrons. The Morgan fingerprint density at radius 3 is 2.94 bits per heavy atom. The Morgan fingerprint density at radius 2 is 2.28 bits per heavy atom. The van der Waals surface area contributed by atoms with Gasteiger partial charge in [-0.3, -0.25) is 4.79 Å². The molecule has 0 N–H and O–H groups in total. The number of ketones is 1. The third-order valence-electron chi connectivity index (χ3n) is 2.56. The molecule has 0 saturated heterocycles. The van der Waals surface area contributed by atoms with E-state index < -0.39 is 5.82 Å². The van der Waals surface area contributed by atoms with Gasteiger partial charge in [-0.15, -0.1) is 11.3 Å². The lowest BCUT2D eigenvalue weighted by atomic mass is 10.2. The largest absolute Gasteiger partial charge is 0.449 e. The Morgan fingerprint density at radius 1 is 1.44 bits per heavy atom. The maximum absolute atomic E-state index is 13.5. The first-order valence-electron chi connectivity index (χ1n) is 5.30. The van der Waals surface area contributed by atoms with E-state index >= 15 is 0 Å². The fourth-order valence-electron chi connectivity index (χ4n) is 1.73. The molecule has 0 atom stereocenters. The zero-order chi connectivity index (χ0) is 12.7. The smallest absolute Gasteiger partial charge is 0.239 e. The number of nitrogens with zero attached hydrogens (tertiary/aromatic N) is 1. The Labute approximate surface area is 106 Å². The summed E-state index contributed by atoms with van der Waals surface area (Å²) >= 11 is 1.29. The van der Waals surface area contributed by atoms with Crippen molar-refractivity contribution in [3.63, 3.8) is 0 Å². The van der Waals surface area contributed by atoms with Crippen LogP contribution in [0.5, 0.6) is 0 Å². The molecule has 3 nitrogen and oxygen atoms in total. The summed E-state index contributed by atoms with van der Waals surface area (Å²) < 4.78 is 18.7. The molecule has 0 bridgehead atoms. The molecule has 1 aromatic carbocycles. The minimum atomic E-state index is -0.466. The van der Waals surface area contributed by atoms with Gasteiger partial charge in [0, 0.05) is 11.6 Å². The fraction of sp³-hybridized carbons (Fsp3) is 0.0769. The Kier molecular flexibility index (Phi) is 2.48. The highest BCUT2D eigenvalue weighted by molar-refractivity contribution is 7.13. The van der Waals surface area contributed by atoms with Crippen LogP contribution >= 0.6 is 11.3 Å². The summed E-state index contributed by atoms with van der Waals surface area (Å²) in [7, 11) is 0. The normalized spacial score (nSPS) is 11.0. The number of hydrogen-bond acceptors (Lipinski definition) is 4. The second-order valence-corrected chi connectivity index (χ2v) is 5.08. The van der Waals surface area contributed by atoms with Gasteiger partial charge in [0.05, 0.1) is 9.88 Å². The third kappa shape index (κ3) is 1.73.